The second-order valence-electron chi connectivity index (χ2n) is 7.43. The minimum atomic E-state index is -7.68. The molecule has 0 spiro atoms. The molecule has 4 fully saturated rings. The largest absolute Gasteiger partial charge is 0.339 e. The molecule has 0 saturated heterocycles. The second-order valence-corrected chi connectivity index (χ2v) is 7.43. The molecule has 29 heavy (non-hydrogen) atoms. The molecule has 0 unspecified atom stereocenters. The van der Waals surface area contributed by atoms with Crippen molar-refractivity contribution in [2.24, 2.45) is 5.41 Å². The van der Waals surface area contributed by atoms with Gasteiger partial charge < -0.3 is 0 Å². The fraction of sp³-hybridized carbons (Fsp3) is 1.00. The molecular formula is C14H9F15. The van der Waals surface area contributed by atoms with Crippen LogP contribution in [-0.4, -0.2) is 52.5 Å². The van der Waals surface area contributed by atoms with Crippen molar-refractivity contribution in [3.63, 3.8) is 0 Å². The van der Waals surface area contributed by atoms with Crippen molar-refractivity contribution in [2.75, 3.05) is 0 Å². The predicted octanol–water partition coefficient (Wildman–Crippen LogP) is 6.14. The standard InChI is InChI=1S/C14H9F15/c1-2-3-4-5-9(18,19)6(15)12(24,25)7(16,10(5,20)21)14(28,29)8(17,11(5,22)23)13(6,26)27/h2-4H2,1H3. The average molecular weight is 462 g/mol. The van der Waals surface area contributed by atoms with Gasteiger partial charge in [0.25, 0.3) is 0 Å². The summed E-state index contributed by atoms with van der Waals surface area (Å²) >= 11 is 0. The first kappa shape index (κ1) is 22.6. The van der Waals surface area contributed by atoms with Crippen LogP contribution in [0.15, 0.2) is 0 Å². The van der Waals surface area contributed by atoms with E-state index in [1.807, 2.05) is 0 Å². The zero-order chi connectivity index (χ0) is 23.1. The highest BCUT2D eigenvalue weighted by Gasteiger charge is 3.22. The van der Waals surface area contributed by atoms with Gasteiger partial charge in [0.2, 0.25) is 0 Å². The molecule has 0 atom stereocenters. The van der Waals surface area contributed by atoms with Gasteiger partial charge in [-0.25, -0.2) is 39.5 Å². The highest BCUT2D eigenvalue weighted by Crippen LogP contribution is 2.91. The number of rotatable bonds is 3. The van der Waals surface area contributed by atoms with Crippen LogP contribution in [0.25, 0.3) is 0 Å². The van der Waals surface area contributed by atoms with Crippen molar-refractivity contribution in [1.82, 2.24) is 0 Å². The van der Waals surface area contributed by atoms with E-state index in [9.17, 15) is 65.9 Å². The third kappa shape index (κ3) is 1.34. The molecule has 0 amide bonds. The maximum absolute atomic E-state index is 14.7. The lowest BCUT2D eigenvalue weighted by Gasteiger charge is -2.75. The molecule has 4 aliphatic rings. The highest BCUT2D eigenvalue weighted by atomic mass is 19.3. The minimum Gasteiger partial charge on any atom is -0.223 e. The first-order chi connectivity index (χ1) is 12.6. The fourth-order valence-electron chi connectivity index (χ4n) is 4.87. The molecule has 170 valence electrons. The molecule has 0 aromatic heterocycles. The van der Waals surface area contributed by atoms with Crippen molar-refractivity contribution in [1.29, 1.82) is 0 Å². The third-order valence-electron chi connectivity index (χ3n) is 6.41. The molecular weight excluding hydrogens is 453 g/mol. The summed E-state index contributed by atoms with van der Waals surface area (Å²) in [5, 5.41) is 0. The lowest BCUT2D eigenvalue weighted by Crippen LogP contribution is -3.07. The van der Waals surface area contributed by atoms with Crippen LogP contribution in [0, 0.1) is 5.41 Å². The molecule has 0 nitrogen and oxygen atoms in total. The molecule has 4 aliphatic carbocycles. The van der Waals surface area contributed by atoms with Gasteiger partial charge in [-0.15, -0.1) is 0 Å². The normalized spacial score (nSPS) is 49.2. The Kier molecular flexibility index (Phi) is 3.69. The molecule has 0 aromatic rings. The monoisotopic (exact) mass is 462 g/mol. The van der Waals surface area contributed by atoms with E-state index in [1.165, 1.54) is 0 Å². The van der Waals surface area contributed by atoms with Gasteiger partial charge in [-0.3, -0.25) is 0 Å². The molecule has 0 aromatic carbocycles. The van der Waals surface area contributed by atoms with E-state index in [0.717, 1.165) is 6.92 Å². The average Bonchev–Trinajstić information content (AvgIpc) is 2.55. The Balaban J connectivity index is 2.67. The Hall–Kier alpha value is -1.05. The first-order valence-corrected chi connectivity index (χ1v) is 7.90. The van der Waals surface area contributed by atoms with Crippen molar-refractivity contribution < 1.29 is 65.9 Å². The van der Waals surface area contributed by atoms with Crippen LogP contribution in [0.5, 0.6) is 0 Å². The molecule has 0 aliphatic heterocycles. The Morgan fingerprint density at radius 1 is 0.414 bits per heavy atom. The summed E-state index contributed by atoms with van der Waals surface area (Å²) in [6.45, 7) is 0.925. The Morgan fingerprint density at radius 3 is 0.862 bits per heavy atom. The van der Waals surface area contributed by atoms with Crippen molar-refractivity contribution in [3.8, 4) is 0 Å². The fourth-order valence-corrected chi connectivity index (χ4v) is 4.87. The summed E-state index contributed by atoms with van der Waals surface area (Å²) in [5.74, 6) is -44.8. The number of hydrogen-bond donors (Lipinski definition) is 0. The van der Waals surface area contributed by atoms with E-state index >= 15 is 0 Å². The van der Waals surface area contributed by atoms with Gasteiger partial charge in [-0.2, -0.15) is 26.3 Å². The van der Waals surface area contributed by atoms with Crippen molar-refractivity contribution >= 4 is 0 Å². The summed E-state index contributed by atoms with van der Waals surface area (Å²) in [5.41, 5.74) is -28.6. The second kappa shape index (κ2) is 4.73. The van der Waals surface area contributed by atoms with E-state index in [2.05, 4.69) is 0 Å². The van der Waals surface area contributed by atoms with Crippen molar-refractivity contribution in [3.05, 3.63) is 0 Å². The number of halogens is 15. The lowest BCUT2D eigenvalue weighted by atomic mass is 9.36. The van der Waals surface area contributed by atoms with Crippen molar-refractivity contribution in [2.45, 2.75) is 78.7 Å². The van der Waals surface area contributed by atoms with Crippen LogP contribution in [0.2, 0.25) is 0 Å². The van der Waals surface area contributed by atoms with Gasteiger partial charge in [0.1, 0.15) is 0 Å². The molecule has 4 saturated carbocycles. The molecule has 0 radical (unpaired) electrons. The van der Waals surface area contributed by atoms with Crippen LogP contribution >= 0.6 is 0 Å². The number of hydrogen-bond acceptors (Lipinski definition) is 0. The maximum atomic E-state index is 14.7. The molecule has 4 rings (SSSR count). The summed E-state index contributed by atoms with van der Waals surface area (Å²) in [7, 11) is 0. The van der Waals surface area contributed by atoms with E-state index in [4.69, 9.17) is 0 Å². The summed E-state index contributed by atoms with van der Waals surface area (Å²) in [4.78, 5) is 0. The van der Waals surface area contributed by atoms with Crippen LogP contribution in [0.4, 0.5) is 65.9 Å². The van der Waals surface area contributed by atoms with Crippen LogP contribution in [0.3, 0.4) is 0 Å². The highest BCUT2D eigenvalue weighted by molar-refractivity contribution is 5.52. The van der Waals surface area contributed by atoms with Crippen LogP contribution < -0.4 is 0 Å². The quantitative estimate of drug-likeness (QED) is 0.442. The number of unbranched alkanes of at least 4 members (excludes halogenated alkanes) is 1. The van der Waals surface area contributed by atoms with Crippen LogP contribution in [0.1, 0.15) is 26.2 Å². The van der Waals surface area contributed by atoms with Gasteiger partial charge in [0.15, 0.2) is 5.41 Å². The molecule has 15 heteroatoms. The summed E-state index contributed by atoms with van der Waals surface area (Å²) < 4.78 is 216. The van der Waals surface area contributed by atoms with Gasteiger partial charge in [0, 0.05) is 0 Å². The first-order valence-electron chi connectivity index (χ1n) is 7.90. The summed E-state index contributed by atoms with van der Waals surface area (Å²) in [6.07, 6.45) is -4.57. The molecule has 0 heterocycles. The van der Waals surface area contributed by atoms with Gasteiger partial charge in [0.05, 0.1) is 0 Å². The maximum Gasteiger partial charge on any atom is 0.339 e. The Morgan fingerprint density at radius 2 is 0.655 bits per heavy atom. The Bertz CT molecular complexity index is 639. The lowest BCUT2D eigenvalue weighted by molar-refractivity contribution is -0.613. The summed E-state index contributed by atoms with van der Waals surface area (Å²) in [6, 6.07) is 0. The van der Waals surface area contributed by atoms with E-state index in [0.29, 0.717) is 0 Å². The smallest absolute Gasteiger partial charge is 0.223 e. The van der Waals surface area contributed by atoms with Gasteiger partial charge in [-0.1, -0.05) is 19.8 Å². The Labute approximate surface area is 151 Å². The number of alkyl halides is 15. The van der Waals surface area contributed by atoms with E-state index < -0.39 is 77.2 Å². The van der Waals surface area contributed by atoms with Gasteiger partial charge in [-0.05, 0) is 6.42 Å². The molecule has 4 bridgehead atoms. The van der Waals surface area contributed by atoms with E-state index in [1.54, 1.807) is 0 Å². The van der Waals surface area contributed by atoms with E-state index in [-0.39, 0.29) is 0 Å². The topological polar surface area (TPSA) is 0 Å². The third-order valence-corrected chi connectivity index (χ3v) is 6.41. The zero-order valence-electron chi connectivity index (χ0n) is 13.8. The van der Waals surface area contributed by atoms with Crippen LogP contribution in [-0.2, 0) is 0 Å². The SMILES string of the molecule is CCCCC12C(F)(F)C3(F)C(F)(F)C(F)(C(F)(F)C(F)(C3(F)F)C1(F)F)C2(F)F. The predicted molar refractivity (Wildman–Crippen MR) is 63.2 cm³/mol. The zero-order valence-corrected chi connectivity index (χ0v) is 13.8. The minimum absolute atomic E-state index is 0.634. The van der Waals surface area contributed by atoms with Gasteiger partial charge >= 0.3 is 52.5 Å². The molecule has 0 N–H and O–H groups in total.